The monoisotopic (exact) mass is 725 g/mol. The Labute approximate surface area is 285 Å². The van der Waals surface area contributed by atoms with E-state index in [9.17, 15) is 59.4 Å². The molecule has 2 aliphatic heterocycles. The van der Waals surface area contributed by atoms with Crippen molar-refractivity contribution >= 4 is 35.5 Å². The normalized spacial score (nSPS) is 30.0. The second-order valence-electron chi connectivity index (χ2n) is 11.6. The fraction of sp³-hybridized carbons (Fsp3) is 0.786. The van der Waals surface area contributed by atoms with Gasteiger partial charge in [-0.05, 0) is 19.3 Å². The minimum atomic E-state index is -1.62. The molecule has 2 saturated heterocycles. The first kappa shape index (κ1) is 42.6. The molecule has 5 amide bonds. The molecule has 22 nitrogen and oxygen atoms in total. The number of carbonyl (C=O) groups excluding carboxylic acids is 5. The van der Waals surface area contributed by atoms with E-state index >= 15 is 0 Å². The summed E-state index contributed by atoms with van der Waals surface area (Å²) >= 11 is 0. The topological polar surface area (TPSA) is 341 Å². The Morgan fingerprint density at radius 2 is 1.18 bits per heavy atom. The van der Waals surface area contributed by atoms with Crippen molar-refractivity contribution in [3.05, 3.63) is 0 Å². The van der Waals surface area contributed by atoms with Crippen LogP contribution in [0.2, 0.25) is 0 Å². The van der Waals surface area contributed by atoms with E-state index in [1.54, 1.807) is 0 Å². The predicted molar refractivity (Wildman–Crippen MR) is 162 cm³/mol. The number of carbonyl (C=O) groups is 6. The van der Waals surface area contributed by atoms with Crippen LogP contribution in [0.3, 0.4) is 0 Å². The van der Waals surface area contributed by atoms with Crippen molar-refractivity contribution < 1.29 is 83.5 Å². The van der Waals surface area contributed by atoms with E-state index < -0.39 is 136 Å². The molecule has 0 spiro atoms. The zero-order valence-electron chi connectivity index (χ0n) is 27.4. The van der Waals surface area contributed by atoms with E-state index in [2.05, 4.69) is 26.6 Å². The molecule has 2 aliphatic rings. The molecule has 2 fully saturated rings. The lowest BCUT2D eigenvalue weighted by atomic mass is 9.97. The first-order chi connectivity index (χ1) is 23.6. The van der Waals surface area contributed by atoms with Crippen LogP contribution in [0.25, 0.3) is 0 Å². The maximum absolute atomic E-state index is 12.7. The molecule has 2 heterocycles. The number of carboxylic acids is 1. The molecule has 0 radical (unpaired) electrons. The van der Waals surface area contributed by atoms with Crippen molar-refractivity contribution in [3.63, 3.8) is 0 Å². The SMILES string of the molecule is CC(=O)NC1C(OCC(=O)NCCCC[C@H](NC(=O)COC2OC(CO)C(O)C(O)C2NC(C)=O)C(=O)NCC(=O)O)OC(CO)C(O)C1O. The number of unbranched alkanes of at least 4 members (excludes halogenated alkanes) is 1. The lowest BCUT2D eigenvalue weighted by molar-refractivity contribution is -0.268. The van der Waals surface area contributed by atoms with Gasteiger partial charge in [0.2, 0.25) is 29.5 Å². The van der Waals surface area contributed by atoms with Crippen molar-refractivity contribution in [1.82, 2.24) is 26.6 Å². The Morgan fingerprint density at radius 1 is 0.700 bits per heavy atom. The van der Waals surface area contributed by atoms with Crippen molar-refractivity contribution in [3.8, 4) is 0 Å². The predicted octanol–water partition coefficient (Wildman–Crippen LogP) is -7.12. The summed E-state index contributed by atoms with van der Waals surface area (Å²) in [6.45, 7) is -1.15. The Morgan fingerprint density at radius 3 is 1.62 bits per heavy atom. The van der Waals surface area contributed by atoms with E-state index in [1.807, 2.05) is 0 Å². The van der Waals surface area contributed by atoms with Gasteiger partial charge in [0, 0.05) is 20.4 Å². The lowest BCUT2D eigenvalue weighted by Crippen LogP contribution is -2.64. The van der Waals surface area contributed by atoms with Crippen LogP contribution in [0.1, 0.15) is 33.1 Å². The first-order valence-corrected chi connectivity index (χ1v) is 15.7. The first-order valence-electron chi connectivity index (χ1n) is 15.7. The average Bonchev–Trinajstić information content (AvgIpc) is 3.06. The van der Waals surface area contributed by atoms with Crippen molar-refractivity contribution in [2.24, 2.45) is 0 Å². The fourth-order valence-corrected chi connectivity index (χ4v) is 5.08. The highest BCUT2D eigenvalue weighted by Crippen LogP contribution is 2.23. The number of hydrogen-bond donors (Lipinski definition) is 12. The number of aliphatic hydroxyl groups excluding tert-OH is 6. The Balaban J connectivity index is 1.89. The summed E-state index contributed by atoms with van der Waals surface area (Å²) in [5.74, 6) is -4.88. The minimum absolute atomic E-state index is 0.0213. The van der Waals surface area contributed by atoms with E-state index in [0.717, 1.165) is 13.8 Å². The quantitative estimate of drug-likeness (QED) is 0.0550. The average molecular weight is 726 g/mol. The molecular formula is C28H47N5O17. The van der Waals surface area contributed by atoms with Crippen LogP contribution < -0.4 is 26.6 Å². The summed E-state index contributed by atoms with van der Waals surface area (Å²) < 4.78 is 21.5. The molecular weight excluding hydrogens is 678 g/mol. The number of nitrogens with one attached hydrogen (secondary N) is 5. The number of amides is 5. The second kappa shape index (κ2) is 20.9. The third kappa shape index (κ3) is 13.3. The molecule has 11 atom stereocenters. The third-order valence-corrected chi connectivity index (χ3v) is 7.57. The van der Waals surface area contributed by atoms with Gasteiger partial charge in [-0.25, -0.2) is 0 Å². The van der Waals surface area contributed by atoms with E-state index in [0.29, 0.717) is 0 Å². The van der Waals surface area contributed by atoms with Gasteiger partial charge < -0.3 is 81.3 Å². The van der Waals surface area contributed by atoms with Gasteiger partial charge in [0.05, 0.1) is 13.2 Å². The minimum Gasteiger partial charge on any atom is -0.480 e. The summed E-state index contributed by atoms with van der Waals surface area (Å²) in [6.07, 6.45) is -11.2. The zero-order valence-corrected chi connectivity index (χ0v) is 27.4. The second-order valence-corrected chi connectivity index (χ2v) is 11.6. The van der Waals surface area contributed by atoms with Crippen LogP contribution in [0, 0.1) is 0 Å². The maximum atomic E-state index is 12.7. The zero-order chi connectivity index (χ0) is 37.5. The standard InChI is InChI=1S/C28H47N5O17/c1-12(36)31-20-24(44)22(42)15(8-34)49-27(20)47-10-17(38)29-6-4-3-5-14(26(46)30-7-19(40)41)33-18(39)11-48-28-21(32-13(2)37)25(45)23(43)16(9-35)50-28/h14-16,20-25,27-28,34-35,42-45H,3-11H2,1-2H3,(H,29,38)(H,30,46)(H,31,36)(H,32,37)(H,33,39)(H,40,41)/t14-,15?,16?,20?,21?,22?,23?,24?,25?,27?,28?/m0/s1. The summed E-state index contributed by atoms with van der Waals surface area (Å²) in [4.78, 5) is 71.8. The van der Waals surface area contributed by atoms with Gasteiger partial charge in [-0.3, -0.25) is 28.8 Å². The van der Waals surface area contributed by atoms with Gasteiger partial charge in [-0.2, -0.15) is 0 Å². The lowest BCUT2D eigenvalue weighted by Gasteiger charge is -2.42. The number of ether oxygens (including phenoxy) is 4. The van der Waals surface area contributed by atoms with Gasteiger partial charge >= 0.3 is 5.97 Å². The van der Waals surface area contributed by atoms with E-state index in [4.69, 9.17) is 24.1 Å². The smallest absolute Gasteiger partial charge is 0.322 e. The van der Waals surface area contributed by atoms with Crippen LogP contribution >= 0.6 is 0 Å². The molecule has 0 aliphatic carbocycles. The Bertz CT molecular complexity index is 1160. The Kier molecular flexibility index (Phi) is 17.8. The molecule has 2 rings (SSSR count). The van der Waals surface area contributed by atoms with Gasteiger partial charge in [0.15, 0.2) is 12.6 Å². The van der Waals surface area contributed by atoms with Gasteiger partial charge in [-0.15, -0.1) is 0 Å². The van der Waals surface area contributed by atoms with Crippen LogP contribution in [0.5, 0.6) is 0 Å². The van der Waals surface area contributed by atoms with Crippen LogP contribution in [-0.2, 0) is 47.7 Å². The summed E-state index contributed by atoms with van der Waals surface area (Å²) in [7, 11) is 0. The highest BCUT2D eigenvalue weighted by atomic mass is 16.7. The summed E-state index contributed by atoms with van der Waals surface area (Å²) in [6, 6.07) is -3.82. The van der Waals surface area contributed by atoms with E-state index in [1.165, 1.54) is 0 Å². The molecule has 0 aromatic heterocycles. The number of carboxylic acid groups (broad SMARTS) is 1. The van der Waals surface area contributed by atoms with Gasteiger partial charge in [0.1, 0.15) is 74.5 Å². The summed E-state index contributed by atoms with van der Waals surface area (Å²) in [5.41, 5.74) is 0. The number of aliphatic hydroxyl groups is 6. The third-order valence-electron chi connectivity index (χ3n) is 7.57. The highest BCUT2D eigenvalue weighted by molar-refractivity contribution is 5.89. The molecule has 12 N–H and O–H groups in total. The molecule has 0 bridgehead atoms. The molecule has 22 heteroatoms. The number of aliphatic carboxylic acids is 1. The highest BCUT2D eigenvalue weighted by Gasteiger charge is 2.46. The van der Waals surface area contributed by atoms with Crippen molar-refractivity contribution in [2.45, 2.75) is 100 Å². The molecule has 0 aromatic rings. The molecule has 0 aromatic carbocycles. The van der Waals surface area contributed by atoms with Gasteiger partial charge in [-0.1, -0.05) is 0 Å². The van der Waals surface area contributed by atoms with Crippen LogP contribution in [0.15, 0.2) is 0 Å². The van der Waals surface area contributed by atoms with Crippen molar-refractivity contribution in [2.75, 3.05) is 39.5 Å². The number of hydrogen-bond acceptors (Lipinski definition) is 16. The molecule has 0 saturated carbocycles. The maximum Gasteiger partial charge on any atom is 0.322 e. The Hall–Kier alpha value is -3.58. The van der Waals surface area contributed by atoms with E-state index in [-0.39, 0.29) is 25.8 Å². The van der Waals surface area contributed by atoms with Crippen LogP contribution in [-0.4, -0.2) is 178 Å². The fourth-order valence-electron chi connectivity index (χ4n) is 5.08. The largest absolute Gasteiger partial charge is 0.480 e. The summed E-state index contributed by atoms with van der Waals surface area (Å²) in [5, 5.41) is 80.4. The van der Waals surface area contributed by atoms with Gasteiger partial charge in [0.25, 0.3) is 0 Å². The van der Waals surface area contributed by atoms with Crippen LogP contribution in [0.4, 0.5) is 0 Å². The van der Waals surface area contributed by atoms with Crippen molar-refractivity contribution in [1.29, 1.82) is 0 Å². The molecule has 286 valence electrons. The molecule has 50 heavy (non-hydrogen) atoms. The molecule has 10 unspecified atom stereocenters. The number of rotatable bonds is 19.